The van der Waals surface area contributed by atoms with E-state index in [0.29, 0.717) is 0 Å². The van der Waals surface area contributed by atoms with E-state index < -0.39 is 0 Å². The summed E-state index contributed by atoms with van der Waals surface area (Å²) >= 11 is 6.60. The topological polar surface area (TPSA) is 84.2 Å². The summed E-state index contributed by atoms with van der Waals surface area (Å²) in [5, 5.41) is 19.6. The molecule has 2 heterocycles. The van der Waals surface area contributed by atoms with E-state index in [9.17, 15) is 4.79 Å². The Hall–Kier alpha value is -2.39. The summed E-state index contributed by atoms with van der Waals surface area (Å²) in [6.45, 7) is 5.41. The van der Waals surface area contributed by atoms with Crippen LogP contribution in [0.4, 0.5) is 5.69 Å². The molecule has 0 radical (unpaired) electrons. The third-order valence-corrected chi connectivity index (χ3v) is 4.55. The van der Waals surface area contributed by atoms with Crippen molar-refractivity contribution >= 4 is 45.2 Å². The fourth-order valence-electron chi connectivity index (χ4n) is 2.20. The minimum Gasteiger partial charge on any atom is -0.332 e. The molecule has 1 amide bonds. The number of benzene rings is 1. The number of hydrogen-bond donors (Lipinski definition) is 2. The molecule has 9 heteroatoms. The summed E-state index contributed by atoms with van der Waals surface area (Å²) in [7, 11) is 0. The molecule has 0 aliphatic heterocycles. The van der Waals surface area contributed by atoms with Crippen LogP contribution < -0.4 is 10.6 Å². The number of aromatic nitrogens is 4. The van der Waals surface area contributed by atoms with E-state index in [4.69, 9.17) is 12.2 Å². The van der Waals surface area contributed by atoms with Crippen molar-refractivity contribution in [2.75, 3.05) is 5.32 Å². The van der Waals surface area contributed by atoms with Gasteiger partial charge in [-0.2, -0.15) is 9.61 Å². The number of rotatable bonds is 3. The molecule has 1 aromatic carbocycles. The minimum absolute atomic E-state index is 0.206. The minimum atomic E-state index is -0.206. The van der Waals surface area contributed by atoms with Gasteiger partial charge in [-0.05, 0) is 30.8 Å². The number of nitrogens with zero attached hydrogens (tertiary/aromatic N) is 4. The molecule has 0 bridgehead atoms. The second kappa shape index (κ2) is 6.62. The Labute approximate surface area is 148 Å². The van der Waals surface area contributed by atoms with Crippen LogP contribution in [0.1, 0.15) is 25.2 Å². The van der Waals surface area contributed by atoms with Crippen LogP contribution in [0.25, 0.3) is 15.5 Å². The third kappa shape index (κ3) is 3.26. The average molecular weight is 360 g/mol. The molecular weight excluding hydrogens is 344 g/mol. The number of hydrogen-bond acceptors (Lipinski definition) is 6. The first kappa shape index (κ1) is 16.5. The predicted molar refractivity (Wildman–Crippen MR) is 98.2 cm³/mol. The second-order valence-electron chi connectivity index (χ2n) is 5.24. The van der Waals surface area contributed by atoms with Crippen LogP contribution in [0.2, 0.25) is 0 Å². The molecule has 0 spiro atoms. The SMILES string of the molecule is CCc1nnc2sc(-c3ccc(C)c(NC(=S)NC(C)=O)c3)nn12. The van der Waals surface area contributed by atoms with Gasteiger partial charge in [-0.1, -0.05) is 30.4 Å². The van der Waals surface area contributed by atoms with Crippen molar-refractivity contribution < 1.29 is 4.79 Å². The van der Waals surface area contributed by atoms with Crippen LogP contribution in [0.3, 0.4) is 0 Å². The molecule has 7 nitrogen and oxygen atoms in total. The summed E-state index contributed by atoms with van der Waals surface area (Å²) in [5.74, 6) is 0.631. The van der Waals surface area contributed by atoms with E-state index in [-0.39, 0.29) is 11.0 Å². The zero-order valence-electron chi connectivity index (χ0n) is 13.5. The molecule has 2 aromatic heterocycles. The summed E-state index contributed by atoms with van der Waals surface area (Å²) in [4.78, 5) is 11.9. The van der Waals surface area contributed by atoms with Crippen LogP contribution in [0.15, 0.2) is 18.2 Å². The molecule has 0 aliphatic carbocycles. The van der Waals surface area contributed by atoms with Gasteiger partial charge in [0.15, 0.2) is 10.9 Å². The van der Waals surface area contributed by atoms with Crippen molar-refractivity contribution in [3.63, 3.8) is 0 Å². The van der Waals surface area contributed by atoms with E-state index in [1.54, 1.807) is 4.52 Å². The van der Waals surface area contributed by atoms with Gasteiger partial charge in [-0.25, -0.2) is 0 Å². The Balaban J connectivity index is 1.93. The number of carbonyl (C=O) groups is 1. The summed E-state index contributed by atoms with van der Waals surface area (Å²) < 4.78 is 1.77. The smallest absolute Gasteiger partial charge is 0.234 e. The van der Waals surface area contributed by atoms with Gasteiger partial charge in [-0.15, -0.1) is 10.2 Å². The first-order valence-corrected chi connectivity index (χ1v) is 8.61. The Morgan fingerprint density at radius 3 is 2.88 bits per heavy atom. The van der Waals surface area contributed by atoms with Crippen molar-refractivity contribution in [3.05, 3.63) is 29.6 Å². The van der Waals surface area contributed by atoms with E-state index in [2.05, 4.69) is 25.9 Å². The second-order valence-corrected chi connectivity index (χ2v) is 6.60. The van der Waals surface area contributed by atoms with Gasteiger partial charge >= 0.3 is 0 Å². The normalized spacial score (nSPS) is 10.8. The lowest BCUT2D eigenvalue weighted by molar-refractivity contribution is -0.117. The van der Waals surface area contributed by atoms with Gasteiger partial charge in [0.05, 0.1) is 0 Å². The van der Waals surface area contributed by atoms with Crippen molar-refractivity contribution in [1.29, 1.82) is 0 Å². The Morgan fingerprint density at radius 2 is 2.17 bits per heavy atom. The largest absolute Gasteiger partial charge is 0.332 e. The first-order valence-electron chi connectivity index (χ1n) is 7.38. The van der Waals surface area contributed by atoms with Gasteiger partial charge in [0.1, 0.15) is 5.01 Å². The molecule has 2 N–H and O–H groups in total. The van der Waals surface area contributed by atoms with Crippen LogP contribution in [0, 0.1) is 6.92 Å². The zero-order chi connectivity index (χ0) is 17.3. The van der Waals surface area contributed by atoms with Gasteiger partial charge in [0.25, 0.3) is 0 Å². The molecule has 0 fully saturated rings. The van der Waals surface area contributed by atoms with Crippen molar-refractivity contribution in [2.45, 2.75) is 27.2 Å². The summed E-state index contributed by atoms with van der Waals surface area (Å²) in [5.41, 5.74) is 2.79. The first-order chi connectivity index (χ1) is 11.5. The van der Waals surface area contributed by atoms with Crippen LogP contribution in [0.5, 0.6) is 0 Å². The number of fused-ring (bicyclic) bond motifs is 1. The average Bonchev–Trinajstić information content (AvgIpc) is 3.08. The van der Waals surface area contributed by atoms with E-state index in [1.807, 2.05) is 32.0 Å². The number of carbonyl (C=O) groups excluding carboxylic acids is 1. The van der Waals surface area contributed by atoms with Gasteiger partial charge in [0.2, 0.25) is 10.9 Å². The van der Waals surface area contributed by atoms with Crippen molar-refractivity contribution in [1.82, 2.24) is 25.1 Å². The highest BCUT2D eigenvalue weighted by Crippen LogP contribution is 2.29. The van der Waals surface area contributed by atoms with Crippen molar-refractivity contribution in [2.24, 2.45) is 0 Å². The quantitative estimate of drug-likeness (QED) is 0.699. The monoisotopic (exact) mass is 360 g/mol. The number of anilines is 1. The highest BCUT2D eigenvalue weighted by Gasteiger charge is 2.13. The lowest BCUT2D eigenvalue weighted by Gasteiger charge is -2.11. The predicted octanol–water partition coefficient (Wildman–Crippen LogP) is 2.56. The maximum atomic E-state index is 11.1. The Kier molecular flexibility index (Phi) is 4.54. The van der Waals surface area contributed by atoms with E-state index in [0.717, 1.165) is 39.0 Å². The third-order valence-electron chi connectivity index (χ3n) is 3.39. The molecule has 0 saturated heterocycles. The van der Waals surface area contributed by atoms with E-state index >= 15 is 0 Å². The summed E-state index contributed by atoms with van der Waals surface area (Å²) in [6.07, 6.45) is 0.774. The van der Waals surface area contributed by atoms with Crippen LogP contribution >= 0.6 is 23.6 Å². The molecule has 0 unspecified atom stereocenters. The fourth-order valence-corrected chi connectivity index (χ4v) is 3.31. The maximum absolute atomic E-state index is 11.1. The Morgan fingerprint density at radius 1 is 1.38 bits per heavy atom. The molecule has 0 atom stereocenters. The van der Waals surface area contributed by atoms with Crippen LogP contribution in [-0.2, 0) is 11.2 Å². The Bertz CT molecular complexity index is 929. The lowest BCUT2D eigenvalue weighted by atomic mass is 10.1. The van der Waals surface area contributed by atoms with Crippen molar-refractivity contribution in [3.8, 4) is 10.6 Å². The molecule has 0 saturated carbocycles. The maximum Gasteiger partial charge on any atom is 0.234 e. The highest BCUT2D eigenvalue weighted by atomic mass is 32.1. The molecule has 3 rings (SSSR count). The van der Waals surface area contributed by atoms with Gasteiger partial charge < -0.3 is 10.6 Å². The van der Waals surface area contributed by atoms with Gasteiger partial charge in [-0.3, -0.25) is 4.79 Å². The molecule has 3 aromatic rings. The standard InChI is InChI=1S/C15H16N6OS2/c1-4-12-18-19-15-21(12)20-13(24-15)10-6-5-8(2)11(7-10)17-14(23)16-9(3)22/h5-7H,4H2,1-3H3,(H2,16,17,22,23). The zero-order valence-corrected chi connectivity index (χ0v) is 15.1. The number of aryl methyl sites for hydroxylation is 2. The lowest BCUT2D eigenvalue weighted by Crippen LogP contribution is -2.32. The number of amides is 1. The molecular formula is C15H16N6OS2. The highest BCUT2D eigenvalue weighted by molar-refractivity contribution is 7.80. The van der Waals surface area contributed by atoms with Gasteiger partial charge in [0, 0.05) is 24.6 Å². The fraction of sp³-hybridized carbons (Fsp3) is 0.267. The number of thiocarbonyl (C=S) groups is 1. The number of nitrogens with one attached hydrogen (secondary N) is 2. The van der Waals surface area contributed by atoms with Crippen LogP contribution in [-0.4, -0.2) is 30.8 Å². The molecule has 0 aliphatic rings. The van der Waals surface area contributed by atoms with E-state index in [1.165, 1.54) is 18.3 Å². The summed E-state index contributed by atoms with van der Waals surface area (Å²) in [6, 6.07) is 5.94. The molecule has 24 heavy (non-hydrogen) atoms. The molecule has 124 valence electrons.